The van der Waals surface area contributed by atoms with Gasteiger partial charge in [0.25, 0.3) is 5.91 Å². The summed E-state index contributed by atoms with van der Waals surface area (Å²) in [6, 6.07) is 3.63. The number of esters is 2. The number of benzene rings is 1. The number of ether oxygens (including phenoxy) is 2. The highest BCUT2D eigenvalue weighted by Gasteiger charge is 2.26. The molecule has 0 saturated carbocycles. The maximum absolute atomic E-state index is 12.7. The molecule has 0 N–H and O–H groups in total. The topological polar surface area (TPSA) is 110 Å². The van der Waals surface area contributed by atoms with Crippen molar-refractivity contribution in [2.45, 2.75) is 4.90 Å². The molecule has 9 nitrogen and oxygen atoms in total. The van der Waals surface area contributed by atoms with E-state index in [0.29, 0.717) is 0 Å². The Balaban J connectivity index is 3.31. The Morgan fingerprint density at radius 1 is 1.04 bits per heavy atom. The van der Waals surface area contributed by atoms with Gasteiger partial charge in [-0.25, -0.2) is 12.7 Å². The van der Waals surface area contributed by atoms with Crippen LogP contribution in [0.1, 0.15) is 10.4 Å². The molecule has 0 radical (unpaired) electrons. The van der Waals surface area contributed by atoms with Gasteiger partial charge >= 0.3 is 11.9 Å². The van der Waals surface area contributed by atoms with Crippen LogP contribution >= 0.6 is 11.6 Å². The van der Waals surface area contributed by atoms with Gasteiger partial charge in [-0.15, -0.1) is 0 Å². The number of methoxy groups -OCH3 is 2. The van der Waals surface area contributed by atoms with Crippen LogP contribution in [0.4, 0.5) is 0 Å². The van der Waals surface area contributed by atoms with Gasteiger partial charge < -0.3 is 14.4 Å². The molecule has 0 saturated heterocycles. The molecule has 0 spiro atoms. The monoisotopic (exact) mass is 406 g/mol. The van der Waals surface area contributed by atoms with E-state index in [4.69, 9.17) is 11.6 Å². The number of hydrogen-bond acceptors (Lipinski definition) is 7. The number of carbonyl (C=O) groups excluding carboxylic acids is 3. The molecule has 0 aliphatic rings. The van der Waals surface area contributed by atoms with E-state index in [0.717, 1.165) is 29.5 Å². The highest BCUT2D eigenvalue weighted by Crippen LogP contribution is 2.25. The third kappa shape index (κ3) is 5.16. The lowest BCUT2D eigenvalue weighted by molar-refractivity contribution is -0.144. The highest BCUT2D eigenvalue weighted by molar-refractivity contribution is 7.89. The molecule has 0 fully saturated rings. The van der Waals surface area contributed by atoms with Crippen LogP contribution < -0.4 is 0 Å². The molecule has 0 bridgehead atoms. The Labute approximate surface area is 156 Å². The lowest BCUT2D eigenvalue weighted by Gasteiger charge is -2.21. The summed E-state index contributed by atoms with van der Waals surface area (Å²) in [6.45, 7) is -1.02. The minimum Gasteiger partial charge on any atom is -0.468 e. The molecule has 0 heterocycles. The molecule has 1 amide bonds. The van der Waals surface area contributed by atoms with Crippen LogP contribution in [-0.4, -0.2) is 76.9 Å². The van der Waals surface area contributed by atoms with E-state index < -0.39 is 41.0 Å². The van der Waals surface area contributed by atoms with Gasteiger partial charge in [-0.05, 0) is 18.2 Å². The fourth-order valence-corrected chi connectivity index (χ4v) is 3.25. The van der Waals surface area contributed by atoms with E-state index in [2.05, 4.69) is 9.47 Å². The lowest BCUT2D eigenvalue weighted by Crippen LogP contribution is -2.40. The molecule has 0 aliphatic carbocycles. The summed E-state index contributed by atoms with van der Waals surface area (Å²) in [5.41, 5.74) is -0.0670. The molecule has 1 aromatic rings. The number of amides is 1. The van der Waals surface area contributed by atoms with Gasteiger partial charge in [0.2, 0.25) is 10.0 Å². The van der Waals surface area contributed by atoms with Crippen LogP contribution in [0.3, 0.4) is 0 Å². The van der Waals surface area contributed by atoms with Crippen LogP contribution in [-0.2, 0) is 29.1 Å². The van der Waals surface area contributed by atoms with E-state index in [1.165, 1.54) is 26.2 Å². The second kappa shape index (κ2) is 8.97. The summed E-state index contributed by atoms with van der Waals surface area (Å²) in [5, 5.41) is -0.0669. The molecular formula is C15H19ClN2O7S. The van der Waals surface area contributed by atoms with Gasteiger partial charge in [0.05, 0.1) is 19.2 Å². The third-order valence-electron chi connectivity index (χ3n) is 3.32. The summed E-state index contributed by atoms with van der Waals surface area (Å²) in [4.78, 5) is 36.3. The molecule has 1 aromatic carbocycles. The first-order valence-electron chi connectivity index (χ1n) is 7.19. The number of hydrogen-bond donors (Lipinski definition) is 0. The molecule has 0 unspecified atom stereocenters. The number of carbonyl (C=O) groups is 3. The van der Waals surface area contributed by atoms with E-state index in [-0.39, 0.29) is 15.5 Å². The Kier molecular flexibility index (Phi) is 7.54. The Morgan fingerprint density at radius 3 is 1.96 bits per heavy atom. The number of sulfonamides is 1. The maximum atomic E-state index is 12.7. The zero-order valence-corrected chi connectivity index (χ0v) is 16.3. The van der Waals surface area contributed by atoms with E-state index >= 15 is 0 Å². The molecule has 26 heavy (non-hydrogen) atoms. The van der Waals surface area contributed by atoms with Crippen LogP contribution in [0.2, 0.25) is 5.02 Å². The van der Waals surface area contributed by atoms with Crippen LogP contribution in [0.5, 0.6) is 0 Å². The minimum atomic E-state index is -3.90. The van der Waals surface area contributed by atoms with Crippen molar-refractivity contribution in [2.24, 2.45) is 0 Å². The summed E-state index contributed by atoms with van der Waals surface area (Å²) in [6.07, 6.45) is 0. The molecule has 1 rings (SSSR count). The fourth-order valence-electron chi connectivity index (χ4n) is 1.85. The van der Waals surface area contributed by atoms with Crippen molar-refractivity contribution >= 4 is 39.5 Å². The SMILES string of the molecule is COC(=O)CN(CC(=O)OC)C(=O)c1ccc(Cl)c(S(=O)(=O)N(C)C)c1. The molecule has 11 heteroatoms. The fraction of sp³-hybridized carbons (Fsp3) is 0.400. The first-order valence-corrected chi connectivity index (χ1v) is 9.01. The normalized spacial score (nSPS) is 11.2. The lowest BCUT2D eigenvalue weighted by atomic mass is 10.2. The standard InChI is InChI=1S/C15H19ClN2O7S/c1-17(2)26(22,23)12-7-10(5-6-11(12)16)15(21)18(8-13(19)24-3)9-14(20)25-4/h5-7H,8-9H2,1-4H3. The first kappa shape index (κ1) is 21.9. The Bertz CT molecular complexity index is 790. The average Bonchev–Trinajstić information content (AvgIpc) is 2.60. The average molecular weight is 407 g/mol. The molecule has 0 aliphatic heterocycles. The number of rotatable bonds is 7. The predicted molar refractivity (Wildman–Crippen MR) is 92.3 cm³/mol. The minimum absolute atomic E-state index is 0.0669. The van der Waals surface area contributed by atoms with Crippen molar-refractivity contribution in [3.8, 4) is 0 Å². The van der Waals surface area contributed by atoms with Crippen molar-refractivity contribution in [3.05, 3.63) is 28.8 Å². The molecular weight excluding hydrogens is 388 g/mol. The van der Waals surface area contributed by atoms with Gasteiger partial charge in [-0.2, -0.15) is 0 Å². The van der Waals surface area contributed by atoms with Gasteiger partial charge in [-0.3, -0.25) is 14.4 Å². The van der Waals surface area contributed by atoms with Crippen molar-refractivity contribution in [1.82, 2.24) is 9.21 Å². The van der Waals surface area contributed by atoms with Crippen LogP contribution in [0.25, 0.3) is 0 Å². The first-order chi connectivity index (χ1) is 12.0. The van der Waals surface area contributed by atoms with Gasteiger partial charge in [0.15, 0.2) is 0 Å². The van der Waals surface area contributed by atoms with E-state index in [9.17, 15) is 22.8 Å². The summed E-state index contributed by atoms with van der Waals surface area (Å²) >= 11 is 5.94. The second-order valence-electron chi connectivity index (χ2n) is 5.25. The smallest absolute Gasteiger partial charge is 0.325 e. The zero-order chi connectivity index (χ0) is 20.1. The molecule has 0 aromatic heterocycles. The largest absolute Gasteiger partial charge is 0.468 e. The summed E-state index contributed by atoms with van der Waals surface area (Å²) < 4.78 is 34.6. The third-order valence-corrected chi connectivity index (χ3v) is 5.62. The second-order valence-corrected chi connectivity index (χ2v) is 7.77. The number of halogens is 1. The molecule has 144 valence electrons. The zero-order valence-electron chi connectivity index (χ0n) is 14.7. The van der Waals surface area contributed by atoms with Crippen LogP contribution in [0, 0.1) is 0 Å². The van der Waals surface area contributed by atoms with Gasteiger partial charge in [0.1, 0.15) is 18.0 Å². The Hall–Kier alpha value is -2.17. The highest BCUT2D eigenvalue weighted by atomic mass is 35.5. The predicted octanol–water partition coefficient (Wildman–Crippen LogP) is 0.378. The van der Waals surface area contributed by atoms with Crippen molar-refractivity contribution < 1.29 is 32.3 Å². The van der Waals surface area contributed by atoms with Crippen molar-refractivity contribution in [1.29, 1.82) is 0 Å². The van der Waals surface area contributed by atoms with Crippen molar-refractivity contribution in [2.75, 3.05) is 41.4 Å². The van der Waals surface area contributed by atoms with Gasteiger partial charge in [0, 0.05) is 19.7 Å². The maximum Gasteiger partial charge on any atom is 0.325 e. The summed E-state index contributed by atoms with van der Waals surface area (Å²) in [7, 11) is 1.01. The quantitative estimate of drug-likeness (QED) is 0.602. The van der Waals surface area contributed by atoms with E-state index in [1.807, 2.05) is 0 Å². The van der Waals surface area contributed by atoms with Gasteiger partial charge in [-0.1, -0.05) is 11.6 Å². The number of nitrogens with zero attached hydrogens (tertiary/aromatic N) is 2. The summed E-state index contributed by atoms with van der Waals surface area (Å²) in [5.74, 6) is -2.26. The molecule has 0 atom stereocenters. The Morgan fingerprint density at radius 2 is 1.54 bits per heavy atom. The van der Waals surface area contributed by atoms with Crippen LogP contribution in [0.15, 0.2) is 23.1 Å². The van der Waals surface area contributed by atoms with Crippen molar-refractivity contribution in [3.63, 3.8) is 0 Å². The van der Waals surface area contributed by atoms with E-state index in [1.54, 1.807) is 0 Å².